The summed E-state index contributed by atoms with van der Waals surface area (Å²) in [7, 11) is 1.74. The van der Waals surface area contributed by atoms with Crippen molar-refractivity contribution in [2.75, 3.05) is 18.4 Å². The maximum Gasteiger partial charge on any atom is 0.267 e. The van der Waals surface area contributed by atoms with Gasteiger partial charge in [0.2, 0.25) is 5.95 Å². The van der Waals surface area contributed by atoms with Gasteiger partial charge >= 0.3 is 0 Å². The van der Waals surface area contributed by atoms with Crippen molar-refractivity contribution in [2.24, 2.45) is 7.05 Å². The summed E-state index contributed by atoms with van der Waals surface area (Å²) in [5.41, 5.74) is 0. The van der Waals surface area contributed by atoms with Gasteiger partial charge in [-0.15, -0.1) is 12.4 Å². The fourth-order valence-corrected chi connectivity index (χ4v) is 2.78. The maximum absolute atomic E-state index is 13.2. The van der Waals surface area contributed by atoms with E-state index in [4.69, 9.17) is 4.74 Å². The molecule has 9 heteroatoms. The van der Waals surface area contributed by atoms with Gasteiger partial charge in [-0.05, 0) is 45.0 Å². The lowest BCUT2D eigenvalue weighted by Gasteiger charge is -2.19. The second-order valence-corrected chi connectivity index (χ2v) is 6.15. The van der Waals surface area contributed by atoms with Crippen LogP contribution >= 0.6 is 12.4 Å². The van der Waals surface area contributed by atoms with Crippen LogP contribution in [0.4, 0.5) is 10.3 Å². The number of carbonyl (C=O) groups excluding carboxylic acids is 1. The third-order valence-corrected chi connectivity index (χ3v) is 4.20. The molecule has 7 nitrogen and oxygen atoms in total. The number of piperidine rings is 1. The molecule has 2 heterocycles. The Labute approximate surface area is 157 Å². The number of halogens is 2. The standard InChI is InChI=1S/C17H22FN5O2.ClH/c1-11(25-14-5-3-4-13(18)10-14)16(24)21-17-20-15(22-23(17)2)12-6-8-19-9-7-12;/h3-5,10-12,19H,6-9H2,1-2H3,(H,20,21,22,24);1H. The molecule has 2 aromatic rings. The summed E-state index contributed by atoms with van der Waals surface area (Å²) in [5, 5.41) is 10.4. The van der Waals surface area contributed by atoms with Crippen LogP contribution in [0.3, 0.4) is 0 Å². The number of nitrogens with one attached hydrogen (secondary N) is 2. The molecule has 142 valence electrons. The normalized spacial score (nSPS) is 15.8. The highest BCUT2D eigenvalue weighted by atomic mass is 35.5. The number of carbonyl (C=O) groups is 1. The van der Waals surface area contributed by atoms with E-state index >= 15 is 0 Å². The molecular formula is C17H23ClFN5O2. The summed E-state index contributed by atoms with van der Waals surface area (Å²) >= 11 is 0. The summed E-state index contributed by atoms with van der Waals surface area (Å²) < 4.78 is 20.2. The minimum Gasteiger partial charge on any atom is -0.481 e. The van der Waals surface area contributed by atoms with Crippen molar-refractivity contribution in [1.29, 1.82) is 0 Å². The number of amides is 1. The van der Waals surface area contributed by atoms with Gasteiger partial charge in [0, 0.05) is 19.0 Å². The topological polar surface area (TPSA) is 81.1 Å². The van der Waals surface area contributed by atoms with Crippen LogP contribution < -0.4 is 15.4 Å². The van der Waals surface area contributed by atoms with E-state index in [0.717, 1.165) is 31.8 Å². The summed E-state index contributed by atoms with van der Waals surface area (Å²) in [6.07, 6.45) is 1.17. The molecule has 0 saturated carbocycles. The first kappa shape index (κ1) is 20.1. The number of hydrogen-bond acceptors (Lipinski definition) is 5. The zero-order chi connectivity index (χ0) is 17.8. The molecule has 0 bridgehead atoms. The molecule has 1 aromatic heterocycles. The van der Waals surface area contributed by atoms with Crippen molar-refractivity contribution >= 4 is 24.3 Å². The highest BCUT2D eigenvalue weighted by Gasteiger charge is 2.23. The van der Waals surface area contributed by atoms with Crippen molar-refractivity contribution in [2.45, 2.75) is 31.8 Å². The Bertz CT molecular complexity index is 749. The monoisotopic (exact) mass is 383 g/mol. The second-order valence-electron chi connectivity index (χ2n) is 6.15. The Kier molecular flexibility index (Phi) is 6.93. The van der Waals surface area contributed by atoms with Gasteiger partial charge < -0.3 is 10.1 Å². The average Bonchev–Trinajstić information content (AvgIpc) is 2.96. The Morgan fingerprint density at radius 3 is 2.85 bits per heavy atom. The summed E-state index contributed by atoms with van der Waals surface area (Å²) in [6, 6.07) is 5.69. The maximum atomic E-state index is 13.2. The summed E-state index contributed by atoms with van der Waals surface area (Å²) in [6.45, 7) is 3.50. The molecule has 1 aromatic carbocycles. The fraction of sp³-hybridized carbons (Fsp3) is 0.471. The third kappa shape index (κ3) is 4.92. The number of anilines is 1. The minimum atomic E-state index is -0.791. The summed E-state index contributed by atoms with van der Waals surface area (Å²) in [5.74, 6) is 0.961. The van der Waals surface area contributed by atoms with Gasteiger partial charge in [0.05, 0.1) is 0 Å². The molecule has 0 spiro atoms. The van der Waals surface area contributed by atoms with Crippen LogP contribution in [0.1, 0.15) is 31.5 Å². The zero-order valence-corrected chi connectivity index (χ0v) is 15.6. The average molecular weight is 384 g/mol. The lowest BCUT2D eigenvalue weighted by molar-refractivity contribution is -0.122. The van der Waals surface area contributed by atoms with Gasteiger partial charge in [0.25, 0.3) is 5.91 Å². The highest BCUT2D eigenvalue weighted by molar-refractivity contribution is 5.92. The molecule has 0 radical (unpaired) electrons. The molecule has 1 atom stereocenters. The lowest BCUT2D eigenvalue weighted by Crippen LogP contribution is -2.31. The summed E-state index contributed by atoms with van der Waals surface area (Å²) in [4.78, 5) is 16.8. The largest absolute Gasteiger partial charge is 0.481 e. The first-order chi connectivity index (χ1) is 12.0. The number of aromatic nitrogens is 3. The molecule has 26 heavy (non-hydrogen) atoms. The fourth-order valence-electron chi connectivity index (χ4n) is 2.78. The van der Waals surface area contributed by atoms with Crippen molar-refractivity contribution in [3.05, 3.63) is 35.9 Å². The third-order valence-electron chi connectivity index (χ3n) is 4.20. The van der Waals surface area contributed by atoms with Crippen LogP contribution in [0.2, 0.25) is 0 Å². The number of nitrogens with zero attached hydrogens (tertiary/aromatic N) is 3. The first-order valence-corrected chi connectivity index (χ1v) is 8.37. The van der Waals surface area contributed by atoms with E-state index in [2.05, 4.69) is 20.7 Å². The Hall–Kier alpha value is -2.19. The molecule has 1 saturated heterocycles. The van der Waals surface area contributed by atoms with E-state index in [-0.39, 0.29) is 18.3 Å². The van der Waals surface area contributed by atoms with Gasteiger partial charge in [-0.3, -0.25) is 10.1 Å². The van der Waals surface area contributed by atoms with Gasteiger partial charge in [-0.1, -0.05) is 6.07 Å². The molecule has 2 N–H and O–H groups in total. The Morgan fingerprint density at radius 1 is 1.42 bits per heavy atom. The quantitative estimate of drug-likeness (QED) is 0.827. The van der Waals surface area contributed by atoms with E-state index in [0.29, 0.717) is 17.6 Å². The molecule has 1 unspecified atom stereocenters. The van der Waals surface area contributed by atoms with E-state index < -0.39 is 11.9 Å². The Balaban J connectivity index is 0.00000243. The number of hydrogen-bond donors (Lipinski definition) is 2. The zero-order valence-electron chi connectivity index (χ0n) is 14.7. The van der Waals surface area contributed by atoms with Crippen molar-refractivity contribution < 1.29 is 13.9 Å². The number of benzene rings is 1. The van der Waals surface area contributed by atoms with Crippen LogP contribution in [-0.2, 0) is 11.8 Å². The number of ether oxygens (including phenoxy) is 1. The molecule has 3 rings (SSSR count). The Morgan fingerprint density at radius 2 is 2.15 bits per heavy atom. The molecule has 1 fully saturated rings. The minimum absolute atomic E-state index is 0. The molecule has 1 aliphatic heterocycles. The van der Waals surface area contributed by atoms with Crippen molar-refractivity contribution in [3.8, 4) is 5.75 Å². The van der Waals surface area contributed by atoms with E-state index in [1.54, 1.807) is 24.7 Å². The molecular weight excluding hydrogens is 361 g/mol. The predicted octanol–water partition coefficient (Wildman–Crippen LogP) is 2.25. The first-order valence-electron chi connectivity index (χ1n) is 8.37. The number of aryl methyl sites for hydroxylation is 1. The van der Waals surface area contributed by atoms with Crippen LogP contribution in [0.25, 0.3) is 0 Å². The SMILES string of the molecule is CC(Oc1cccc(F)c1)C(=O)Nc1nc(C2CCNCC2)nn1C.Cl. The van der Waals surface area contributed by atoms with Gasteiger partial charge in [0.15, 0.2) is 11.9 Å². The lowest BCUT2D eigenvalue weighted by atomic mass is 9.98. The van der Waals surface area contributed by atoms with E-state index in [1.165, 1.54) is 18.2 Å². The number of rotatable bonds is 5. The van der Waals surface area contributed by atoms with Crippen LogP contribution in [-0.4, -0.2) is 39.9 Å². The van der Waals surface area contributed by atoms with Crippen LogP contribution in [0, 0.1) is 5.82 Å². The van der Waals surface area contributed by atoms with E-state index in [1.807, 2.05) is 0 Å². The molecule has 1 aliphatic rings. The molecule has 1 amide bonds. The highest BCUT2D eigenvalue weighted by Crippen LogP contribution is 2.23. The van der Waals surface area contributed by atoms with Crippen LogP contribution in [0.5, 0.6) is 5.75 Å². The van der Waals surface area contributed by atoms with Crippen molar-refractivity contribution in [3.63, 3.8) is 0 Å². The predicted molar refractivity (Wildman–Crippen MR) is 98.2 cm³/mol. The molecule has 0 aliphatic carbocycles. The van der Waals surface area contributed by atoms with Crippen LogP contribution in [0.15, 0.2) is 24.3 Å². The van der Waals surface area contributed by atoms with Gasteiger partial charge in [-0.25, -0.2) is 9.07 Å². The van der Waals surface area contributed by atoms with Gasteiger partial charge in [-0.2, -0.15) is 10.1 Å². The van der Waals surface area contributed by atoms with Crippen molar-refractivity contribution in [1.82, 2.24) is 20.1 Å². The van der Waals surface area contributed by atoms with Gasteiger partial charge in [0.1, 0.15) is 11.6 Å². The second kappa shape index (κ2) is 8.95. The van der Waals surface area contributed by atoms with E-state index in [9.17, 15) is 9.18 Å². The smallest absolute Gasteiger partial charge is 0.267 e.